The van der Waals surface area contributed by atoms with Crippen molar-refractivity contribution in [2.75, 3.05) is 11.9 Å². The zero-order valence-electron chi connectivity index (χ0n) is 12.2. The molecule has 5 heteroatoms. The molecule has 5 nitrogen and oxygen atoms in total. The Balaban J connectivity index is 2.86. The molecular weight excluding hydrogens is 256 g/mol. The number of hydrogen-bond acceptors (Lipinski definition) is 2. The van der Waals surface area contributed by atoms with E-state index in [2.05, 4.69) is 5.32 Å². The van der Waals surface area contributed by atoms with Crippen molar-refractivity contribution in [3.05, 3.63) is 29.8 Å². The van der Waals surface area contributed by atoms with Crippen molar-refractivity contribution in [1.29, 1.82) is 0 Å². The van der Waals surface area contributed by atoms with Gasteiger partial charge in [-0.3, -0.25) is 4.79 Å². The smallest absolute Gasteiger partial charge is 0.322 e. The lowest BCUT2D eigenvalue weighted by molar-refractivity contribution is -0.136. The number of para-hydroxylation sites is 1. The van der Waals surface area contributed by atoms with Crippen molar-refractivity contribution in [3.8, 4) is 0 Å². The Morgan fingerprint density at radius 2 is 1.95 bits per heavy atom. The number of hydrogen-bond donors (Lipinski definition) is 2. The van der Waals surface area contributed by atoms with E-state index in [1.807, 2.05) is 20.8 Å². The highest BCUT2D eigenvalue weighted by atomic mass is 16.4. The Morgan fingerprint density at radius 3 is 2.50 bits per heavy atom. The van der Waals surface area contributed by atoms with Crippen LogP contribution in [0.25, 0.3) is 0 Å². The van der Waals surface area contributed by atoms with E-state index < -0.39 is 5.97 Å². The van der Waals surface area contributed by atoms with Crippen LogP contribution in [0.2, 0.25) is 0 Å². The van der Waals surface area contributed by atoms with E-state index in [9.17, 15) is 9.59 Å². The van der Waals surface area contributed by atoms with Crippen molar-refractivity contribution in [3.63, 3.8) is 0 Å². The average Bonchev–Trinajstić information content (AvgIpc) is 2.37. The summed E-state index contributed by atoms with van der Waals surface area (Å²) in [5.41, 5.74) is 1.16. The third-order valence-corrected chi connectivity index (χ3v) is 2.95. The fourth-order valence-electron chi connectivity index (χ4n) is 1.98. The number of rotatable bonds is 6. The maximum absolute atomic E-state index is 12.2. The molecule has 1 aromatic rings. The normalized spacial score (nSPS) is 10.4. The second-order valence-corrected chi connectivity index (χ2v) is 4.94. The highest BCUT2D eigenvalue weighted by Gasteiger charge is 2.17. The molecule has 1 rings (SSSR count). The molecule has 2 amide bonds. The Labute approximate surface area is 119 Å². The maximum atomic E-state index is 12.2. The van der Waals surface area contributed by atoms with Gasteiger partial charge in [-0.05, 0) is 31.9 Å². The minimum Gasteiger partial charge on any atom is -0.481 e. The molecule has 0 heterocycles. The Bertz CT molecular complexity index is 472. The van der Waals surface area contributed by atoms with E-state index in [1.54, 1.807) is 29.2 Å². The highest BCUT2D eigenvalue weighted by molar-refractivity contribution is 5.91. The Kier molecular flexibility index (Phi) is 6.03. The number of nitrogens with one attached hydrogen (secondary N) is 1. The zero-order valence-corrected chi connectivity index (χ0v) is 12.2. The van der Waals surface area contributed by atoms with Gasteiger partial charge in [0.15, 0.2) is 0 Å². The lowest BCUT2D eigenvalue weighted by Gasteiger charge is -2.27. The van der Waals surface area contributed by atoms with Gasteiger partial charge >= 0.3 is 12.0 Å². The molecule has 0 unspecified atom stereocenters. The lowest BCUT2D eigenvalue weighted by atomic mass is 10.1. The third-order valence-electron chi connectivity index (χ3n) is 2.95. The van der Waals surface area contributed by atoms with Gasteiger partial charge in [0.2, 0.25) is 0 Å². The number of carbonyl (C=O) groups is 2. The number of urea groups is 1. The van der Waals surface area contributed by atoms with E-state index in [0.717, 1.165) is 6.42 Å². The first kappa shape index (κ1) is 16.0. The summed E-state index contributed by atoms with van der Waals surface area (Å²) in [6.07, 6.45) is 0.772. The van der Waals surface area contributed by atoms with Gasteiger partial charge in [-0.1, -0.05) is 25.1 Å². The minimum absolute atomic E-state index is 0.0987. The molecule has 20 heavy (non-hydrogen) atoms. The quantitative estimate of drug-likeness (QED) is 0.840. The van der Waals surface area contributed by atoms with Crippen molar-refractivity contribution < 1.29 is 14.7 Å². The number of anilines is 1. The molecule has 0 spiro atoms. The van der Waals surface area contributed by atoms with E-state index in [-0.39, 0.29) is 18.5 Å². The van der Waals surface area contributed by atoms with Gasteiger partial charge in [-0.2, -0.15) is 0 Å². The summed E-state index contributed by atoms with van der Waals surface area (Å²) in [6, 6.07) is 6.88. The van der Waals surface area contributed by atoms with Crippen LogP contribution >= 0.6 is 0 Å². The van der Waals surface area contributed by atoms with Crippen LogP contribution in [0, 0.1) is 0 Å². The first-order valence-corrected chi connectivity index (χ1v) is 6.83. The molecule has 0 bridgehead atoms. The van der Waals surface area contributed by atoms with Crippen LogP contribution in [-0.2, 0) is 11.2 Å². The third kappa shape index (κ3) is 4.57. The van der Waals surface area contributed by atoms with Crippen LogP contribution in [0.4, 0.5) is 10.5 Å². The Morgan fingerprint density at radius 1 is 1.30 bits per heavy atom. The van der Waals surface area contributed by atoms with Crippen molar-refractivity contribution in [2.24, 2.45) is 0 Å². The van der Waals surface area contributed by atoms with Crippen LogP contribution in [0.5, 0.6) is 0 Å². The largest absolute Gasteiger partial charge is 0.481 e. The summed E-state index contributed by atoms with van der Waals surface area (Å²) in [5, 5.41) is 11.7. The van der Waals surface area contributed by atoms with Crippen molar-refractivity contribution in [2.45, 2.75) is 39.7 Å². The predicted molar refractivity (Wildman–Crippen MR) is 78.9 cm³/mol. The first-order valence-electron chi connectivity index (χ1n) is 6.83. The number of carbonyl (C=O) groups excluding carboxylic acids is 1. The molecular formula is C15H22N2O3. The molecule has 0 aliphatic heterocycles. The van der Waals surface area contributed by atoms with E-state index in [4.69, 9.17) is 5.11 Å². The van der Waals surface area contributed by atoms with Gasteiger partial charge in [-0.15, -0.1) is 0 Å². The topological polar surface area (TPSA) is 69.6 Å². The first-order chi connectivity index (χ1) is 9.45. The summed E-state index contributed by atoms with van der Waals surface area (Å²) in [6.45, 7) is 6.60. The Hall–Kier alpha value is -2.04. The summed E-state index contributed by atoms with van der Waals surface area (Å²) < 4.78 is 0. The monoisotopic (exact) mass is 278 g/mol. The molecule has 0 saturated carbocycles. The molecule has 0 saturated heterocycles. The van der Waals surface area contributed by atoms with Crippen LogP contribution in [0.3, 0.4) is 0 Å². The number of carboxylic acid groups (broad SMARTS) is 1. The second kappa shape index (κ2) is 7.53. The van der Waals surface area contributed by atoms with Crippen LogP contribution < -0.4 is 5.32 Å². The predicted octanol–water partition coefficient (Wildman–Crippen LogP) is 2.97. The standard InChI is InChI=1S/C15H22N2O3/c1-4-9-17(11(2)3)15(20)16-13-8-6-5-7-12(13)10-14(18)19/h5-8,11H,4,9-10H2,1-3H3,(H,16,20)(H,18,19). The van der Waals surface area contributed by atoms with Gasteiger partial charge in [-0.25, -0.2) is 4.79 Å². The van der Waals surface area contributed by atoms with Crippen LogP contribution in [-0.4, -0.2) is 34.6 Å². The molecule has 0 fully saturated rings. The molecule has 0 aromatic heterocycles. The summed E-state index contributed by atoms with van der Waals surface area (Å²) >= 11 is 0. The summed E-state index contributed by atoms with van der Waals surface area (Å²) in [5.74, 6) is -0.916. The minimum atomic E-state index is -0.916. The number of benzene rings is 1. The number of nitrogens with zero attached hydrogens (tertiary/aromatic N) is 1. The van der Waals surface area contributed by atoms with Crippen molar-refractivity contribution >= 4 is 17.7 Å². The molecule has 1 aromatic carbocycles. The molecule has 0 aliphatic rings. The highest BCUT2D eigenvalue weighted by Crippen LogP contribution is 2.17. The van der Waals surface area contributed by atoms with Gasteiger partial charge in [0, 0.05) is 18.3 Å². The van der Waals surface area contributed by atoms with Crippen molar-refractivity contribution in [1.82, 2.24) is 4.90 Å². The SMILES string of the molecule is CCCN(C(=O)Nc1ccccc1CC(=O)O)C(C)C. The number of carboxylic acids is 1. The van der Waals surface area contributed by atoms with E-state index in [0.29, 0.717) is 17.8 Å². The lowest BCUT2D eigenvalue weighted by Crippen LogP contribution is -2.40. The number of amides is 2. The second-order valence-electron chi connectivity index (χ2n) is 4.94. The summed E-state index contributed by atoms with van der Waals surface area (Å²) in [7, 11) is 0. The van der Waals surface area contributed by atoms with Crippen LogP contribution in [0.15, 0.2) is 24.3 Å². The van der Waals surface area contributed by atoms with Gasteiger partial charge < -0.3 is 15.3 Å². The zero-order chi connectivity index (χ0) is 15.1. The van der Waals surface area contributed by atoms with Gasteiger partial charge in [0.1, 0.15) is 0 Å². The van der Waals surface area contributed by atoms with E-state index >= 15 is 0 Å². The summed E-state index contributed by atoms with van der Waals surface area (Å²) in [4.78, 5) is 24.8. The molecule has 0 aliphatic carbocycles. The van der Waals surface area contributed by atoms with Gasteiger partial charge in [0.25, 0.3) is 0 Å². The van der Waals surface area contributed by atoms with E-state index in [1.165, 1.54) is 0 Å². The molecule has 2 N–H and O–H groups in total. The molecule has 110 valence electrons. The molecule has 0 atom stereocenters. The fourth-order valence-corrected chi connectivity index (χ4v) is 1.98. The fraction of sp³-hybridized carbons (Fsp3) is 0.467. The van der Waals surface area contributed by atoms with Crippen LogP contribution in [0.1, 0.15) is 32.8 Å². The van der Waals surface area contributed by atoms with Gasteiger partial charge in [0.05, 0.1) is 6.42 Å². The number of aliphatic carboxylic acids is 1. The molecule has 0 radical (unpaired) electrons. The maximum Gasteiger partial charge on any atom is 0.322 e. The average molecular weight is 278 g/mol.